The Hall–Kier alpha value is -4.24. The van der Waals surface area contributed by atoms with E-state index >= 15 is 0 Å². The average molecular weight is 453 g/mol. The van der Waals surface area contributed by atoms with Crippen LogP contribution < -0.4 is 10.2 Å². The lowest BCUT2D eigenvalue weighted by atomic mass is 10.1. The first kappa shape index (κ1) is 20.4. The second kappa shape index (κ2) is 8.60. The monoisotopic (exact) mass is 452 g/mol. The Balaban J connectivity index is 1.36. The first-order chi connectivity index (χ1) is 16.7. The fraction of sp³-hybridized carbons (Fsp3) is 0.200. The summed E-state index contributed by atoms with van der Waals surface area (Å²) in [7, 11) is 1.90. The van der Waals surface area contributed by atoms with Gasteiger partial charge >= 0.3 is 0 Å². The molecule has 0 unspecified atom stereocenters. The van der Waals surface area contributed by atoms with Crippen LogP contribution >= 0.6 is 0 Å². The maximum absolute atomic E-state index is 5.45. The number of benzene rings is 2. The minimum Gasteiger partial charge on any atom is -0.378 e. The van der Waals surface area contributed by atoms with Crippen molar-refractivity contribution in [1.29, 1.82) is 0 Å². The van der Waals surface area contributed by atoms with Gasteiger partial charge in [0.15, 0.2) is 5.65 Å². The number of anilines is 3. The lowest BCUT2D eigenvalue weighted by Gasteiger charge is -2.28. The second-order valence-electron chi connectivity index (χ2n) is 8.17. The van der Waals surface area contributed by atoms with E-state index in [0.717, 1.165) is 54.6 Å². The number of fused-ring (bicyclic) bond motifs is 1. The van der Waals surface area contributed by atoms with Gasteiger partial charge in [-0.05, 0) is 30.3 Å². The van der Waals surface area contributed by atoms with Gasteiger partial charge in [-0.15, -0.1) is 5.10 Å². The van der Waals surface area contributed by atoms with E-state index in [1.165, 1.54) is 5.69 Å². The molecule has 0 radical (unpaired) electrons. The number of hydrogen-bond acceptors (Lipinski definition) is 7. The molecule has 2 aromatic carbocycles. The molecule has 1 fully saturated rings. The van der Waals surface area contributed by atoms with E-state index in [-0.39, 0.29) is 0 Å². The van der Waals surface area contributed by atoms with Crippen molar-refractivity contribution in [1.82, 2.24) is 29.4 Å². The number of nitrogens with one attached hydrogen (secondary N) is 1. The van der Waals surface area contributed by atoms with Crippen molar-refractivity contribution < 1.29 is 4.74 Å². The van der Waals surface area contributed by atoms with Crippen molar-refractivity contribution in [3.8, 4) is 22.6 Å². The van der Waals surface area contributed by atoms with E-state index in [1.54, 1.807) is 10.9 Å². The third kappa shape index (κ3) is 3.86. The van der Waals surface area contributed by atoms with Crippen LogP contribution in [0, 0.1) is 0 Å². The van der Waals surface area contributed by atoms with Gasteiger partial charge in [0.25, 0.3) is 0 Å². The first-order valence-corrected chi connectivity index (χ1v) is 11.3. The molecular formula is C25H24N8O. The Labute approximate surface area is 196 Å². The maximum atomic E-state index is 5.45. The maximum Gasteiger partial charge on any atom is 0.247 e. The number of aromatic nitrogens is 6. The highest BCUT2D eigenvalue weighted by Gasteiger charge is 2.19. The first-order valence-electron chi connectivity index (χ1n) is 11.3. The lowest BCUT2D eigenvalue weighted by Crippen LogP contribution is -2.36. The lowest BCUT2D eigenvalue weighted by molar-refractivity contribution is 0.122. The quantitative estimate of drug-likeness (QED) is 0.434. The van der Waals surface area contributed by atoms with Gasteiger partial charge in [0.05, 0.1) is 25.1 Å². The predicted octanol–water partition coefficient (Wildman–Crippen LogP) is 3.77. The van der Waals surface area contributed by atoms with Crippen LogP contribution in [0.5, 0.6) is 0 Å². The fourth-order valence-electron chi connectivity index (χ4n) is 4.19. The molecule has 1 saturated heterocycles. The van der Waals surface area contributed by atoms with Crippen LogP contribution in [0.1, 0.15) is 0 Å². The molecule has 34 heavy (non-hydrogen) atoms. The van der Waals surface area contributed by atoms with E-state index in [0.29, 0.717) is 11.6 Å². The molecule has 1 N–H and O–H groups in total. The number of nitrogens with zero attached hydrogens (tertiary/aromatic N) is 7. The van der Waals surface area contributed by atoms with Crippen molar-refractivity contribution in [2.24, 2.45) is 7.05 Å². The summed E-state index contributed by atoms with van der Waals surface area (Å²) in [6.45, 7) is 3.35. The Morgan fingerprint density at radius 3 is 2.44 bits per heavy atom. The summed E-state index contributed by atoms with van der Waals surface area (Å²) < 4.78 is 9.03. The smallest absolute Gasteiger partial charge is 0.247 e. The third-order valence-corrected chi connectivity index (χ3v) is 5.88. The summed E-state index contributed by atoms with van der Waals surface area (Å²) >= 11 is 0. The van der Waals surface area contributed by atoms with E-state index in [4.69, 9.17) is 14.8 Å². The largest absolute Gasteiger partial charge is 0.378 e. The van der Waals surface area contributed by atoms with Gasteiger partial charge in [-0.1, -0.05) is 30.3 Å². The summed E-state index contributed by atoms with van der Waals surface area (Å²) in [5.74, 6) is 0.503. The molecular weight excluding hydrogens is 428 g/mol. The highest BCUT2D eigenvalue weighted by atomic mass is 16.5. The number of hydrogen-bond donors (Lipinski definition) is 1. The average Bonchev–Trinajstić information content (AvgIpc) is 3.50. The molecule has 0 atom stereocenters. The zero-order valence-electron chi connectivity index (χ0n) is 18.8. The van der Waals surface area contributed by atoms with E-state index in [9.17, 15) is 0 Å². The molecule has 6 rings (SSSR count). The molecule has 0 aliphatic carbocycles. The van der Waals surface area contributed by atoms with Crippen molar-refractivity contribution in [3.63, 3.8) is 0 Å². The molecule has 0 bridgehead atoms. The Bertz CT molecular complexity index is 1420. The van der Waals surface area contributed by atoms with E-state index in [2.05, 4.69) is 32.4 Å². The standard InChI is InChI=1S/C25H24N8O/c1-31-12-11-21(29-31)24-23(18-5-3-2-4-6-18)26-17-22-28-25(30-33(22)24)27-19-7-9-20(10-8-19)32-13-15-34-16-14-32/h2-12,17H,13-16H2,1H3,(H,27,30). The van der Waals surface area contributed by atoms with Crippen LogP contribution in [0.15, 0.2) is 73.1 Å². The Morgan fingerprint density at radius 2 is 1.71 bits per heavy atom. The van der Waals surface area contributed by atoms with Crippen LogP contribution in [-0.4, -0.2) is 55.7 Å². The molecule has 0 spiro atoms. The minimum absolute atomic E-state index is 0.503. The van der Waals surface area contributed by atoms with Gasteiger partial charge in [-0.25, -0.2) is 9.50 Å². The molecule has 4 heterocycles. The summed E-state index contributed by atoms with van der Waals surface area (Å²) in [6, 6.07) is 20.3. The second-order valence-corrected chi connectivity index (χ2v) is 8.17. The third-order valence-electron chi connectivity index (χ3n) is 5.88. The SMILES string of the molecule is Cn1ccc(-c2c(-c3ccccc3)ncc3nc(Nc4ccc(N5CCOCC5)cc4)nn23)n1. The number of aryl methyl sites for hydroxylation is 1. The van der Waals surface area contributed by atoms with Gasteiger partial charge in [-0.3, -0.25) is 4.68 Å². The molecule has 0 saturated carbocycles. The molecule has 0 amide bonds. The summed E-state index contributed by atoms with van der Waals surface area (Å²) in [5.41, 5.74) is 6.13. The van der Waals surface area contributed by atoms with Crippen molar-refractivity contribution in [2.45, 2.75) is 0 Å². The molecule has 170 valence electrons. The van der Waals surface area contributed by atoms with Gasteiger partial charge in [-0.2, -0.15) is 10.1 Å². The summed E-state index contributed by atoms with van der Waals surface area (Å²) in [4.78, 5) is 11.7. The molecule has 9 heteroatoms. The predicted molar refractivity (Wildman–Crippen MR) is 131 cm³/mol. The molecule has 3 aromatic heterocycles. The van der Waals surface area contributed by atoms with Crippen LogP contribution in [0.25, 0.3) is 28.3 Å². The zero-order chi connectivity index (χ0) is 22.9. The van der Waals surface area contributed by atoms with Crippen LogP contribution in [0.2, 0.25) is 0 Å². The number of rotatable bonds is 5. The van der Waals surface area contributed by atoms with Crippen molar-refractivity contribution in [2.75, 3.05) is 36.5 Å². The van der Waals surface area contributed by atoms with Crippen molar-refractivity contribution in [3.05, 3.63) is 73.1 Å². The van der Waals surface area contributed by atoms with Crippen molar-refractivity contribution >= 4 is 23.0 Å². The van der Waals surface area contributed by atoms with E-state index in [1.807, 2.05) is 66.3 Å². The molecule has 1 aliphatic rings. The van der Waals surface area contributed by atoms with Gasteiger partial charge < -0.3 is 15.0 Å². The number of morpholine rings is 1. The number of ether oxygens (including phenoxy) is 1. The van der Waals surface area contributed by atoms with E-state index < -0.39 is 0 Å². The summed E-state index contributed by atoms with van der Waals surface area (Å²) in [6.07, 6.45) is 3.66. The molecule has 5 aromatic rings. The van der Waals surface area contributed by atoms with Crippen LogP contribution in [0.4, 0.5) is 17.3 Å². The Kier molecular flexibility index (Phi) is 5.15. The highest BCUT2D eigenvalue weighted by molar-refractivity contribution is 5.78. The Morgan fingerprint density at radius 1 is 0.912 bits per heavy atom. The zero-order valence-corrected chi connectivity index (χ0v) is 18.8. The van der Waals surface area contributed by atoms with Gasteiger partial charge in [0, 0.05) is 43.3 Å². The topological polar surface area (TPSA) is 85.4 Å². The highest BCUT2D eigenvalue weighted by Crippen LogP contribution is 2.30. The molecule has 9 nitrogen and oxygen atoms in total. The molecule has 1 aliphatic heterocycles. The summed E-state index contributed by atoms with van der Waals surface area (Å²) in [5, 5.41) is 12.7. The fourth-order valence-corrected chi connectivity index (χ4v) is 4.19. The minimum atomic E-state index is 0.503. The normalized spacial score (nSPS) is 14.0. The van der Waals surface area contributed by atoms with Crippen LogP contribution in [-0.2, 0) is 11.8 Å². The van der Waals surface area contributed by atoms with Gasteiger partial charge in [0.2, 0.25) is 5.95 Å². The van der Waals surface area contributed by atoms with Crippen LogP contribution in [0.3, 0.4) is 0 Å². The van der Waals surface area contributed by atoms with Gasteiger partial charge in [0.1, 0.15) is 11.4 Å².